The van der Waals surface area contributed by atoms with Crippen molar-refractivity contribution < 1.29 is 14.6 Å². The molecule has 0 radical (unpaired) electrons. The van der Waals surface area contributed by atoms with E-state index in [1.54, 1.807) is 0 Å². The van der Waals surface area contributed by atoms with Crippen molar-refractivity contribution in [3.63, 3.8) is 0 Å². The molecule has 3 rings (SSSR count). The Bertz CT molecular complexity index is 154. The molecule has 3 fully saturated rings. The molecule has 3 nitrogen and oxygen atoms in total. The number of aliphatic hydroxyl groups excluding tert-OH is 1. The minimum absolute atomic E-state index is 0.0139. The molecule has 9 heavy (non-hydrogen) atoms. The van der Waals surface area contributed by atoms with Crippen LogP contribution < -0.4 is 0 Å². The smallest absolute Gasteiger partial charge is 0.115 e. The monoisotopic (exact) mass is 128 g/mol. The largest absolute Gasteiger partial charge is 0.390 e. The first-order chi connectivity index (χ1) is 4.36. The SMILES string of the molecule is O[C@@H]1C[C@H]2O[C@@H]1[C@@H]1O[C@@H]12. The fourth-order valence-corrected chi connectivity index (χ4v) is 1.93. The Kier molecular flexibility index (Phi) is 0.604. The summed E-state index contributed by atoms with van der Waals surface area (Å²) in [6, 6.07) is 0. The first-order valence-electron chi connectivity index (χ1n) is 3.35. The molecule has 0 saturated carbocycles. The number of epoxide rings is 1. The van der Waals surface area contributed by atoms with E-state index in [2.05, 4.69) is 0 Å². The van der Waals surface area contributed by atoms with E-state index < -0.39 is 0 Å². The summed E-state index contributed by atoms with van der Waals surface area (Å²) in [6.45, 7) is 0. The lowest BCUT2D eigenvalue weighted by Crippen LogP contribution is -2.28. The zero-order chi connectivity index (χ0) is 6.01. The lowest BCUT2D eigenvalue weighted by Gasteiger charge is -2.07. The molecule has 3 aliphatic heterocycles. The van der Waals surface area contributed by atoms with Crippen LogP contribution in [0.5, 0.6) is 0 Å². The van der Waals surface area contributed by atoms with E-state index in [1.807, 2.05) is 0 Å². The molecule has 1 N–H and O–H groups in total. The maximum absolute atomic E-state index is 9.21. The third kappa shape index (κ3) is 0.407. The third-order valence-electron chi connectivity index (χ3n) is 2.44. The maximum Gasteiger partial charge on any atom is 0.115 e. The minimum Gasteiger partial charge on any atom is -0.390 e. The Morgan fingerprint density at radius 2 is 2.00 bits per heavy atom. The molecule has 5 atom stereocenters. The standard InChI is InChI=1S/C6H8O3/c7-2-1-3-5-6(9-5)4(2)8-3/h2-7H,1H2/t2-,3-,4+,5-,6+/m1/s1. The average molecular weight is 128 g/mol. The van der Waals surface area contributed by atoms with E-state index in [0.717, 1.165) is 6.42 Å². The normalized spacial score (nSPS) is 68.3. The Balaban J connectivity index is 1.96. The van der Waals surface area contributed by atoms with Crippen LogP contribution in [0.25, 0.3) is 0 Å². The van der Waals surface area contributed by atoms with Gasteiger partial charge in [0.2, 0.25) is 0 Å². The summed E-state index contributed by atoms with van der Waals surface area (Å²) in [5.41, 5.74) is 0. The molecule has 2 bridgehead atoms. The third-order valence-corrected chi connectivity index (χ3v) is 2.44. The molecule has 3 heteroatoms. The van der Waals surface area contributed by atoms with Crippen molar-refractivity contribution in [3.05, 3.63) is 0 Å². The molecule has 3 heterocycles. The van der Waals surface area contributed by atoms with Crippen molar-refractivity contribution >= 4 is 0 Å². The molecular weight excluding hydrogens is 120 g/mol. The van der Waals surface area contributed by atoms with Crippen LogP contribution in [0.4, 0.5) is 0 Å². The first-order valence-corrected chi connectivity index (χ1v) is 3.35. The van der Waals surface area contributed by atoms with E-state index in [1.165, 1.54) is 0 Å². The number of ether oxygens (including phenoxy) is 2. The van der Waals surface area contributed by atoms with Crippen molar-refractivity contribution in [2.45, 2.75) is 36.9 Å². The fourth-order valence-electron chi connectivity index (χ4n) is 1.93. The van der Waals surface area contributed by atoms with E-state index in [-0.39, 0.29) is 24.4 Å². The summed E-state index contributed by atoms with van der Waals surface area (Å²) in [5.74, 6) is 0. The highest BCUT2D eigenvalue weighted by molar-refractivity contribution is 5.11. The van der Waals surface area contributed by atoms with E-state index in [0.29, 0.717) is 6.10 Å². The number of aliphatic hydroxyl groups is 1. The molecule has 0 spiro atoms. The Labute approximate surface area is 52.6 Å². The van der Waals surface area contributed by atoms with E-state index in [9.17, 15) is 5.11 Å². The van der Waals surface area contributed by atoms with Gasteiger partial charge in [-0.15, -0.1) is 0 Å². The molecule has 0 amide bonds. The summed E-state index contributed by atoms with van der Waals surface area (Å²) < 4.78 is 10.6. The quantitative estimate of drug-likeness (QED) is 0.438. The highest BCUT2D eigenvalue weighted by Gasteiger charge is 2.64. The highest BCUT2D eigenvalue weighted by Crippen LogP contribution is 2.47. The zero-order valence-electron chi connectivity index (χ0n) is 4.86. The van der Waals surface area contributed by atoms with Gasteiger partial charge in [0.25, 0.3) is 0 Å². The van der Waals surface area contributed by atoms with Gasteiger partial charge in [-0.1, -0.05) is 0 Å². The summed E-state index contributed by atoms with van der Waals surface area (Å²) in [4.78, 5) is 0. The Morgan fingerprint density at radius 1 is 1.11 bits per heavy atom. The van der Waals surface area contributed by atoms with Crippen LogP contribution in [-0.4, -0.2) is 35.6 Å². The van der Waals surface area contributed by atoms with Gasteiger partial charge in [0.1, 0.15) is 18.3 Å². The summed E-state index contributed by atoms with van der Waals surface area (Å²) >= 11 is 0. The van der Waals surface area contributed by atoms with Gasteiger partial charge in [-0.2, -0.15) is 0 Å². The fraction of sp³-hybridized carbons (Fsp3) is 1.00. The van der Waals surface area contributed by atoms with E-state index in [4.69, 9.17) is 9.47 Å². The summed E-state index contributed by atoms with van der Waals surface area (Å²) in [7, 11) is 0. The van der Waals surface area contributed by atoms with Gasteiger partial charge < -0.3 is 14.6 Å². The van der Waals surface area contributed by atoms with Crippen LogP contribution in [0.3, 0.4) is 0 Å². The molecule has 0 aromatic heterocycles. The topological polar surface area (TPSA) is 42.0 Å². The molecule has 50 valence electrons. The van der Waals surface area contributed by atoms with Crippen LogP contribution in [0.2, 0.25) is 0 Å². The maximum atomic E-state index is 9.21. The first kappa shape index (κ1) is 4.66. The average Bonchev–Trinajstić information content (AvgIpc) is 2.46. The molecule has 0 unspecified atom stereocenters. The molecule has 0 aliphatic carbocycles. The van der Waals surface area contributed by atoms with Crippen LogP contribution in [0.15, 0.2) is 0 Å². The Hall–Kier alpha value is -0.120. The highest BCUT2D eigenvalue weighted by atomic mass is 16.7. The molecular formula is C6H8O3. The van der Waals surface area contributed by atoms with Crippen LogP contribution in [0, 0.1) is 0 Å². The number of hydrogen-bond donors (Lipinski definition) is 1. The van der Waals surface area contributed by atoms with Crippen LogP contribution in [-0.2, 0) is 9.47 Å². The second-order valence-electron chi connectivity index (χ2n) is 3.01. The number of hydrogen-bond acceptors (Lipinski definition) is 3. The van der Waals surface area contributed by atoms with Crippen LogP contribution in [0.1, 0.15) is 6.42 Å². The predicted molar refractivity (Wildman–Crippen MR) is 27.9 cm³/mol. The van der Waals surface area contributed by atoms with Crippen molar-refractivity contribution in [1.29, 1.82) is 0 Å². The lowest BCUT2D eigenvalue weighted by atomic mass is 9.98. The Morgan fingerprint density at radius 3 is 2.56 bits per heavy atom. The number of rotatable bonds is 0. The van der Waals surface area contributed by atoms with Gasteiger partial charge in [-0.05, 0) is 0 Å². The molecule has 3 aliphatic rings. The van der Waals surface area contributed by atoms with Gasteiger partial charge in [-0.25, -0.2) is 0 Å². The van der Waals surface area contributed by atoms with Gasteiger partial charge in [0, 0.05) is 6.42 Å². The van der Waals surface area contributed by atoms with Gasteiger partial charge >= 0.3 is 0 Å². The van der Waals surface area contributed by atoms with Crippen LogP contribution >= 0.6 is 0 Å². The summed E-state index contributed by atoms with van der Waals surface area (Å²) in [5, 5.41) is 9.21. The molecule has 0 aromatic rings. The van der Waals surface area contributed by atoms with Crippen molar-refractivity contribution in [2.75, 3.05) is 0 Å². The second kappa shape index (κ2) is 1.17. The molecule has 3 saturated heterocycles. The summed E-state index contributed by atoms with van der Waals surface area (Å²) in [6.07, 6.45) is 1.36. The predicted octanol–water partition coefficient (Wildman–Crippen LogP) is -0.714. The van der Waals surface area contributed by atoms with Gasteiger partial charge in [0.05, 0.1) is 12.2 Å². The minimum atomic E-state index is -0.251. The van der Waals surface area contributed by atoms with Gasteiger partial charge in [0.15, 0.2) is 0 Å². The van der Waals surface area contributed by atoms with Crippen molar-refractivity contribution in [1.82, 2.24) is 0 Å². The second-order valence-corrected chi connectivity index (χ2v) is 3.01. The molecule has 0 aromatic carbocycles. The lowest BCUT2D eigenvalue weighted by molar-refractivity contribution is -0.00705. The zero-order valence-corrected chi connectivity index (χ0v) is 4.86. The van der Waals surface area contributed by atoms with Crippen molar-refractivity contribution in [2.24, 2.45) is 0 Å². The number of fused-ring (bicyclic) bond motifs is 5. The van der Waals surface area contributed by atoms with Gasteiger partial charge in [-0.3, -0.25) is 0 Å². The van der Waals surface area contributed by atoms with Crippen molar-refractivity contribution in [3.8, 4) is 0 Å². The van der Waals surface area contributed by atoms with E-state index >= 15 is 0 Å².